The fraction of sp³-hybridized carbons (Fsp3) is 0.750. The van der Waals surface area contributed by atoms with Gasteiger partial charge in [-0.1, -0.05) is 10.3 Å². The molecule has 1 rings (SSSR count). The summed E-state index contributed by atoms with van der Waals surface area (Å²) in [6.07, 6.45) is -4.59. The van der Waals surface area contributed by atoms with Crippen molar-refractivity contribution in [3.8, 4) is 0 Å². The van der Waals surface area contributed by atoms with Crippen LogP contribution in [0.1, 0.15) is 19.3 Å². The van der Waals surface area contributed by atoms with E-state index >= 15 is 0 Å². The van der Waals surface area contributed by atoms with Crippen LogP contribution < -0.4 is 0 Å². The molecular formula is C8H11F3N2O4S. The largest absolute Gasteiger partial charge is 0.411 e. The number of alkyl halides is 3. The minimum absolute atomic E-state index is 0.100. The van der Waals surface area contributed by atoms with E-state index in [-0.39, 0.29) is 25.0 Å². The first-order valence-corrected chi connectivity index (χ1v) is 6.64. The molecule has 0 aromatic heterocycles. The van der Waals surface area contributed by atoms with E-state index in [0.29, 0.717) is 0 Å². The quantitative estimate of drug-likeness (QED) is 0.588. The lowest BCUT2D eigenvalue weighted by Gasteiger charge is -2.23. The minimum Gasteiger partial charge on any atom is -0.411 e. The van der Waals surface area contributed by atoms with Crippen molar-refractivity contribution in [3.05, 3.63) is 0 Å². The molecule has 1 atom stereocenters. The Hall–Kier alpha value is -1.32. The summed E-state index contributed by atoms with van der Waals surface area (Å²) < 4.78 is 59.6. The lowest BCUT2D eigenvalue weighted by Crippen LogP contribution is -2.42. The van der Waals surface area contributed by atoms with Gasteiger partial charge in [0.2, 0.25) is 0 Å². The third-order valence-electron chi connectivity index (χ3n) is 2.51. The van der Waals surface area contributed by atoms with E-state index in [1.165, 1.54) is 0 Å². The Balaban J connectivity index is 3.08. The monoisotopic (exact) mass is 288 g/mol. The highest BCUT2D eigenvalue weighted by atomic mass is 32.2. The van der Waals surface area contributed by atoms with Gasteiger partial charge in [0.1, 0.15) is 22.4 Å². The molecule has 6 nitrogen and oxygen atoms in total. The molecule has 1 aliphatic rings. The third-order valence-corrected chi connectivity index (χ3v) is 4.56. The summed E-state index contributed by atoms with van der Waals surface area (Å²) in [5, 5.41) is 21.1. The van der Waals surface area contributed by atoms with E-state index in [2.05, 4.69) is 10.3 Å². The highest BCUT2D eigenvalue weighted by Crippen LogP contribution is 2.26. The molecule has 2 N–H and O–H groups in total. The first-order chi connectivity index (χ1) is 8.21. The van der Waals surface area contributed by atoms with Crippen LogP contribution in [-0.4, -0.2) is 47.4 Å². The van der Waals surface area contributed by atoms with Gasteiger partial charge >= 0.3 is 6.18 Å². The topological polar surface area (TPSA) is 99.3 Å². The van der Waals surface area contributed by atoms with Gasteiger partial charge < -0.3 is 10.4 Å². The number of nitrogens with zero attached hydrogens (tertiary/aromatic N) is 2. The van der Waals surface area contributed by atoms with Crippen LogP contribution >= 0.6 is 0 Å². The number of hydrogen-bond acceptors (Lipinski definition) is 6. The normalized spacial score (nSPS) is 26.7. The van der Waals surface area contributed by atoms with Crippen molar-refractivity contribution in [1.82, 2.24) is 0 Å². The highest BCUT2D eigenvalue weighted by molar-refractivity contribution is 7.93. The Labute approximate surface area is 101 Å². The zero-order valence-electron chi connectivity index (χ0n) is 9.05. The molecule has 0 saturated heterocycles. The van der Waals surface area contributed by atoms with Gasteiger partial charge in [-0.15, -0.1) is 0 Å². The first kappa shape index (κ1) is 14.7. The molecule has 0 bridgehead atoms. The molecule has 0 heterocycles. The molecule has 0 amide bonds. The molecule has 1 saturated carbocycles. The number of halogens is 3. The van der Waals surface area contributed by atoms with Crippen LogP contribution in [0.3, 0.4) is 0 Å². The van der Waals surface area contributed by atoms with Gasteiger partial charge in [-0.05, 0) is 19.3 Å². The molecule has 18 heavy (non-hydrogen) atoms. The van der Waals surface area contributed by atoms with Crippen LogP contribution in [0.25, 0.3) is 0 Å². The van der Waals surface area contributed by atoms with Gasteiger partial charge in [-0.2, -0.15) is 13.2 Å². The zero-order valence-corrected chi connectivity index (χ0v) is 9.87. The number of hydrogen-bond donors (Lipinski definition) is 2. The maximum atomic E-state index is 12.2. The van der Waals surface area contributed by atoms with E-state index in [0.717, 1.165) is 0 Å². The van der Waals surface area contributed by atoms with E-state index in [9.17, 15) is 21.6 Å². The second kappa shape index (κ2) is 5.12. The van der Waals surface area contributed by atoms with Gasteiger partial charge in [-0.3, -0.25) is 0 Å². The standard InChI is InChI=1S/C8H11F3N2O4S/c9-8(10,11)4-18(16,17)6-3-1-2-5(12-14)7(6)13-15/h6,14-15H,1-4H2. The summed E-state index contributed by atoms with van der Waals surface area (Å²) in [7, 11) is -4.55. The van der Waals surface area contributed by atoms with Crippen molar-refractivity contribution in [2.24, 2.45) is 10.3 Å². The predicted octanol–water partition coefficient (Wildman–Crippen LogP) is 1.18. The average Bonchev–Trinajstić information content (AvgIpc) is 2.24. The highest BCUT2D eigenvalue weighted by Gasteiger charge is 2.43. The van der Waals surface area contributed by atoms with Crippen LogP contribution in [0.5, 0.6) is 0 Å². The first-order valence-electron chi connectivity index (χ1n) is 4.93. The van der Waals surface area contributed by atoms with Gasteiger partial charge in [0, 0.05) is 0 Å². The Morgan fingerprint density at radius 1 is 1.28 bits per heavy atom. The summed E-state index contributed by atoms with van der Waals surface area (Å²) in [5.74, 6) is -2.00. The summed E-state index contributed by atoms with van der Waals surface area (Å²) in [6.45, 7) is 0. The smallest absolute Gasteiger partial charge is 0.402 e. The second-order valence-corrected chi connectivity index (χ2v) is 6.02. The van der Waals surface area contributed by atoms with Crippen LogP contribution in [-0.2, 0) is 9.84 Å². The van der Waals surface area contributed by atoms with E-state index < -0.39 is 32.7 Å². The Morgan fingerprint density at radius 2 is 1.89 bits per heavy atom. The van der Waals surface area contributed by atoms with E-state index in [1.54, 1.807) is 0 Å². The summed E-state index contributed by atoms with van der Waals surface area (Å²) >= 11 is 0. The third kappa shape index (κ3) is 3.34. The van der Waals surface area contributed by atoms with Crippen molar-refractivity contribution < 1.29 is 32.0 Å². The molecule has 1 unspecified atom stereocenters. The number of sulfone groups is 1. The average molecular weight is 288 g/mol. The van der Waals surface area contributed by atoms with Gasteiger partial charge in [0.15, 0.2) is 9.84 Å². The number of oxime groups is 2. The second-order valence-electron chi connectivity index (χ2n) is 3.84. The SMILES string of the molecule is O=S(=O)(CC(F)(F)F)C1CCCC(=NO)C1=NO. The molecule has 0 aromatic rings. The maximum absolute atomic E-state index is 12.2. The summed E-state index contributed by atoms with van der Waals surface area (Å²) in [4.78, 5) is 0. The molecule has 0 spiro atoms. The van der Waals surface area contributed by atoms with Crippen molar-refractivity contribution in [3.63, 3.8) is 0 Å². The van der Waals surface area contributed by atoms with Crippen molar-refractivity contribution in [2.75, 3.05) is 5.75 Å². The van der Waals surface area contributed by atoms with Gasteiger partial charge in [0.25, 0.3) is 0 Å². The molecule has 10 heteroatoms. The van der Waals surface area contributed by atoms with Gasteiger partial charge in [-0.25, -0.2) is 8.42 Å². The Morgan fingerprint density at radius 3 is 2.33 bits per heavy atom. The van der Waals surface area contributed by atoms with E-state index in [4.69, 9.17) is 10.4 Å². The zero-order chi connectivity index (χ0) is 14.0. The molecule has 0 aliphatic heterocycles. The molecule has 1 fully saturated rings. The fourth-order valence-electron chi connectivity index (χ4n) is 1.81. The van der Waals surface area contributed by atoms with Crippen molar-refractivity contribution in [1.29, 1.82) is 0 Å². The number of rotatable bonds is 2. The molecule has 104 valence electrons. The summed E-state index contributed by atoms with van der Waals surface area (Å²) in [5.41, 5.74) is -0.729. The van der Waals surface area contributed by atoms with Crippen molar-refractivity contribution in [2.45, 2.75) is 30.7 Å². The lowest BCUT2D eigenvalue weighted by molar-refractivity contribution is -0.106. The fourth-order valence-corrected chi connectivity index (χ4v) is 3.51. The molecular weight excluding hydrogens is 277 g/mol. The summed E-state index contributed by atoms with van der Waals surface area (Å²) in [6, 6.07) is 0. The predicted molar refractivity (Wildman–Crippen MR) is 55.9 cm³/mol. The van der Waals surface area contributed by atoms with Crippen LogP contribution in [0.2, 0.25) is 0 Å². The van der Waals surface area contributed by atoms with Crippen LogP contribution in [0.15, 0.2) is 10.3 Å². The van der Waals surface area contributed by atoms with E-state index in [1.807, 2.05) is 0 Å². The lowest BCUT2D eigenvalue weighted by atomic mass is 9.96. The van der Waals surface area contributed by atoms with Crippen LogP contribution in [0, 0.1) is 0 Å². The minimum atomic E-state index is -4.87. The van der Waals surface area contributed by atoms with Crippen LogP contribution in [0.4, 0.5) is 13.2 Å². The molecule has 1 aliphatic carbocycles. The maximum Gasteiger partial charge on any atom is 0.402 e. The van der Waals surface area contributed by atoms with Gasteiger partial charge in [0.05, 0.1) is 0 Å². The Kier molecular flexibility index (Phi) is 4.20. The molecule has 0 radical (unpaired) electrons. The Bertz CT molecular complexity index is 469. The van der Waals surface area contributed by atoms with Crippen molar-refractivity contribution >= 4 is 21.3 Å². The molecule has 0 aromatic carbocycles.